The minimum Gasteiger partial charge on any atom is -0.490 e. The van der Waals surface area contributed by atoms with Gasteiger partial charge >= 0.3 is 0 Å². The fraction of sp³-hybridized carbons (Fsp3) is 0.333. The van der Waals surface area contributed by atoms with Gasteiger partial charge in [-0.15, -0.1) is 0 Å². The maximum atomic E-state index is 13.9. The Morgan fingerprint density at radius 2 is 1.86 bits per heavy atom. The van der Waals surface area contributed by atoms with Crippen LogP contribution in [0, 0.1) is 17.1 Å². The average molecular weight is 383 g/mol. The highest BCUT2D eigenvalue weighted by Gasteiger charge is 2.23. The summed E-state index contributed by atoms with van der Waals surface area (Å²) in [6.07, 6.45) is 0. The minimum atomic E-state index is -0.255. The van der Waals surface area contributed by atoms with Gasteiger partial charge in [0, 0.05) is 32.2 Å². The van der Waals surface area contributed by atoms with Gasteiger partial charge in [0.2, 0.25) is 0 Å². The van der Waals surface area contributed by atoms with Crippen LogP contribution < -0.4 is 14.4 Å². The van der Waals surface area contributed by atoms with E-state index < -0.39 is 0 Å². The van der Waals surface area contributed by atoms with E-state index in [1.165, 1.54) is 6.07 Å². The number of benzene rings is 2. The highest BCUT2D eigenvalue weighted by atomic mass is 19.1. The molecule has 146 valence electrons. The van der Waals surface area contributed by atoms with Crippen molar-refractivity contribution in [3.8, 4) is 17.6 Å². The van der Waals surface area contributed by atoms with E-state index in [9.17, 15) is 9.18 Å². The summed E-state index contributed by atoms with van der Waals surface area (Å²) in [7, 11) is 0. The van der Waals surface area contributed by atoms with Gasteiger partial charge in [0.15, 0.2) is 18.1 Å². The number of halogens is 1. The van der Waals surface area contributed by atoms with E-state index in [0.29, 0.717) is 55.5 Å². The first-order chi connectivity index (χ1) is 13.6. The van der Waals surface area contributed by atoms with E-state index >= 15 is 0 Å². The van der Waals surface area contributed by atoms with Crippen molar-refractivity contribution in [3.05, 3.63) is 53.8 Å². The molecule has 28 heavy (non-hydrogen) atoms. The van der Waals surface area contributed by atoms with Gasteiger partial charge < -0.3 is 19.3 Å². The lowest BCUT2D eigenvalue weighted by Gasteiger charge is -2.36. The van der Waals surface area contributed by atoms with Gasteiger partial charge in [0.25, 0.3) is 5.91 Å². The molecular formula is C21H22FN3O3. The topological polar surface area (TPSA) is 65.8 Å². The van der Waals surface area contributed by atoms with E-state index in [1.54, 1.807) is 41.3 Å². The zero-order valence-electron chi connectivity index (χ0n) is 15.7. The van der Waals surface area contributed by atoms with Crippen molar-refractivity contribution in [3.63, 3.8) is 0 Å². The van der Waals surface area contributed by atoms with Crippen molar-refractivity contribution in [2.75, 3.05) is 44.3 Å². The first kappa shape index (κ1) is 19.5. The number of carbonyl (C=O) groups excluding carboxylic acids is 1. The van der Waals surface area contributed by atoms with Crippen LogP contribution in [0.25, 0.3) is 0 Å². The van der Waals surface area contributed by atoms with Crippen LogP contribution in [-0.4, -0.2) is 50.2 Å². The molecule has 1 heterocycles. The Balaban J connectivity index is 1.55. The van der Waals surface area contributed by atoms with Crippen LogP contribution in [0.1, 0.15) is 12.5 Å². The third-order valence-corrected chi connectivity index (χ3v) is 4.55. The molecule has 6 nitrogen and oxygen atoms in total. The number of nitrogens with zero attached hydrogens (tertiary/aromatic N) is 3. The van der Waals surface area contributed by atoms with E-state index in [-0.39, 0.29) is 18.3 Å². The quantitative estimate of drug-likeness (QED) is 0.767. The molecule has 1 aliphatic heterocycles. The van der Waals surface area contributed by atoms with Crippen LogP contribution in [0.3, 0.4) is 0 Å². The third kappa shape index (κ3) is 4.52. The van der Waals surface area contributed by atoms with Gasteiger partial charge in [-0.1, -0.05) is 12.1 Å². The molecule has 1 saturated heterocycles. The maximum Gasteiger partial charge on any atom is 0.260 e. The van der Waals surface area contributed by atoms with Crippen LogP contribution in [0.5, 0.6) is 11.5 Å². The lowest BCUT2D eigenvalue weighted by molar-refractivity contribution is -0.133. The number of nitriles is 1. The van der Waals surface area contributed by atoms with Crippen LogP contribution >= 0.6 is 0 Å². The highest BCUT2D eigenvalue weighted by molar-refractivity contribution is 5.78. The number of ether oxygens (including phenoxy) is 2. The first-order valence-electron chi connectivity index (χ1n) is 9.19. The second-order valence-electron chi connectivity index (χ2n) is 6.31. The first-order valence-corrected chi connectivity index (χ1v) is 9.19. The summed E-state index contributed by atoms with van der Waals surface area (Å²) < 4.78 is 25.0. The van der Waals surface area contributed by atoms with Gasteiger partial charge in [0.05, 0.1) is 23.9 Å². The predicted molar refractivity (Wildman–Crippen MR) is 103 cm³/mol. The molecule has 0 unspecified atom stereocenters. The number of carbonyl (C=O) groups is 1. The normalized spacial score (nSPS) is 13.8. The van der Waals surface area contributed by atoms with Crippen LogP contribution in [0.4, 0.5) is 10.1 Å². The number of anilines is 1. The number of hydrogen-bond acceptors (Lipinski definition) is 5. The summed E-state index contributed by atoms with van der Waals surface area (Å²) in [5.74, 6) is 0.479. The molecule has 1 fully saturated rings. The fourth-order valence-electron chi connectivity index (χ4n) is 3.10. The number of para-hydroxylation sites is 1. The van der Waals surface area contributed by atoms with Crippen molar-refractivity contribution < 1.29 is 18.7 Å². The smallest absolute Gasteiger partial charge is 0.260 e. The monoisotopic (exact) mass is 383 g/mol. The van der Waals surface area contributed by atoms with Crippen LogP contribution in [0.15, 0.2) is 42.5 Å². The summed E-state index contributed by atoms with van der Waals surface area (Å²) in [6, 6.07) is 13.5. The molecule has 2 aromatic carbocycles. The standard InChI is InChI=1S/C21H22FN3O3/c1-2-27-20-13-16(14-23)7-8-19(20)28-15-21(26)25-11-9-24(10-12-25)18-6-4-3-5-17(18)22/h3-8,13H,2,9-12,15H2,1H3. The Kier molecular flexibility index (Phi) is 6.33. The molecule has 0 saturated carbocycles. The maximum absolute atomic E-state index is 13.9. The summed E-state index contributed by atoms with van der Waals surface area (Å²) in [6.45, 7) is 4.28. The molecule has 0 N–H and O–H groups in total. The van der Waals surface area contributed by atoms with E-state index in [2.05, 4.69) is 0 Å². The van der Waals surface area contributed by atoms with Crippen molar-refractivity contribution in [2.45, 2.75) is 6.92 Å². The van der Waals surface area contributed by atoms with Crippen molar-refractivity contribution in [1.82, 2.24) is 4.90 Å². The predicted octanol–water partition coefficient (Wildman–Crippen LogP) is 2.82. The van der Waals surface area contributed by atoms with Crippen LogP contribution in [-0.2, 0) is 4.79 Å². The molecule has 1 aliphatic rings. The number of amides is 1. The Labute approximate surface area is 163 Å². The second kappa shape index (κ2) is 9.09. The molecular weight excluding hydrogens is 361 g/mol. The molecule has 0 bridgehead atoms. The molecule has 0 radical (unpaired) electrons. The molecule has 7 heteroatoms. The lowest BCUT2D eigenvalue weighted by Crippen LogP contribution is -2.50. The van der Waals surface area contributed by atoms with Crippen molar-refractivity contribution in [1.29, 1.82) is 5.26 Å². The lowest BCUT2D eigenvalue weighted by atomic mass is 10.2. The summed E-state index contributed by atoms with van der Waals surface area (Å²) >= 11 is 0. The van der Waals surface area contributed by atoms with Crippen molar-refractivity contribution in [2.24, 2.45) is 0 Å². The zero-order valence-corrected chi connectivity index (χ0v) is 15.7. The van der Waals surface area contributed by atoms with Gasteiger partial charge in [0.1, 0.15) is 5.82 Å². The van der Waals surface area contributed by atoms with Crippen LogP contribution in [0.2, 0.25) is 0 Å². The Morgan fingerprint density at radius 1 is 1.11 bits per heavy atom. The molecule has 0 aromatic heterocycles. The van der Waals surface area contributed by atoms with Gasteiger partial charge in [-0.25, -0.2) is 4.39 Å². The molecule has 0 atom stereocenters. The highest BCUT2D eigenvalue weighted by Crippen LogP contribution is 2.28. The zero-order chi connectivity index (χ0) is 19.9. The molecule has 0 spiro atoms. The average Bonchev–Trinajstić information content (AvgIpc) is 2.73. The largest absolute Gasteiger partial charge is 0.490 e. The SMILES string of the molecule is CCOc1cc(C#N)ccc1OCC(=O)N1CCN(c2ccccc2F)CC1. The summed E-state index contributed by atoms with van der Waals surface area (Å²) in [5.41, 5.74) is 1.02. The fourth-order valence-corrected chi connectivity index (χ4v) is 3.10. The Hall–Kier alpha value is -3.27. The van der Waals surface area contributed by atoms with E-state index in [0.717, 1.165) is 0 Å². The molecule has 2 aromatic rings. The minimum absolute atomic E-state index is 0.119. The summed E-state index contributed by atoms with van der Waals surface area (Å²) in [5, 5.41) is 9.00. The Bertz CT molecular complexity index is 873. The van der Waals surface area contributed by atoms with Gasteiger partial charge in [-0.05, 0) is 31.2 Å². The van der Waals surface area contributed by atoms with E-state index in [4.69, 9.17) is 14.7 Å². The third-order valence-electron chi connectivity index (χ3n) is 4.55. The molecule has 3 rings (SSSR count). The van der Waals surface area contributed by atoms with Crippen molar-refractivity contribution >= 4 is 11.6 Å². The molecule has 0 aliphatic carbocycles. The molecule has 1 amide bonds. The Morgan fingerprint density at radius 3 is 2.54 bits per heavy atom. The number of hydrogen-bond donors (Lipinski definition) is 0. The number of rotatable bonds is 6. The van der Waals surface area contributed by atoms with Gasteiger partial charge in [-0.3, -0.25) is 4.79 Å². The summed E-state index contributed by atoms with van der Waals surface area (Å²) in [4.78, 5) is 16.1. The number of piperazine rings is 1. The van der Waals surface area contributed by atoms with Gasteiger partial charge in [-0.2, -0.15) is 5.26 Å². The van der Waals surface area contributed by atoms with E-state index in [1.807, 2.05) is 17.9 Å². The second-order valence-corrected chi connectivity index (χ2v) is 6.31.